The van der Waals surface area contributed by atoms with Gasteiger partial charge in [0.1, 0.15) is 5.75 Å². The highest BCUT2D eigenvalue weighted by molar-refractivity contribution is 5.99. The molecule has 1 saturated carbocycles. The molecule has 2 aliphatic rings. The van der Waals surface area contributed by atoms with E-state index in [1.54, 1.807) is 15.7 Å². The number of hydrogen-bond donors (Lipinski definition) is 3. The van der Waals surface area contributed by atoms with E-state index in [2.05, 4.69) is 14.7 Å². The lowest BCUT2D eigenvalue weighted by molar-refractivity contribution is -0.274. The number of rotatable bonds is 4. The maximum atomic E-state index is 13.0. The van der Waals surface area contributed by atoms with Crippen LogP contribution in [-0.4, -0.2) is 56.0 Å². The standard InChI is InChI=1S/C25H28F3N5O4/c26-25(27,28)37-18-5-6-19(20(29)12-18)23(35)32-9-7-16(8-10-32)33-21-11-15(13-30-22(21)31-24(33)36)14-1-3-17(34)4-2-14/h5-6,11-14,16-17,34H,1-4,7-10,29H2,(H,30,31,36)/t14-,17-. The molecule has 12 heteroatoms. The number of ether oxygens (including phenoxy) is 1. The van der Waals surface area contributed by atoms with E-state index in [-0.39, 0.29) is 40.9 Å². The van der Waals surface area contributed by atoms with Crippen molar-refractivity contribution in [1.82, 2.24) is 19.4 Å². The van der Waals surface area contributed by atoms with Crippen molar-refractivity contribution in [3.05, 3.63) is 52.1 Å². The highest BCUT2D eigenvalue weighted by atomic mass is 19.4. The van der Waals surface area contributed by atoms with Gasteiger partial charge in [0, 0.05) is 37.1 Å². The van der Waals surface area contributed by atoms with Crippen LogP contribution in [0.2, 0.25) is 0 Å². The number of nitrogens with one attached hydrogen (secondary N) is 1. The maximum absolute atomic E-state index is 13.0. The Morgan fingerprint density at radius 2 is 1.81 bits per heavy atom. The van der Waals surface area contributed by atoms with Gasteiger partial charge < -0.3 is 20.5 Å². The molecule has 0 radical (unpaired) electrons. The van der Waals surface area contributed by atoms with E-state index in [9.17, 15) is 27.9 Å². The van der Waals surface area contributed by atoms with Gasteiger partial charge in [-0.3, -0.25) is 14.3 Å². The van der Waals surface area contributed by atoms with E-state index in [1.165, 1.54) is 6.07 Å². The molecule has 1 aliphatic carbocycles. The SMILES string of the molecule is Nc1cc(OC(F)(F)F)ccc1C(=O)N1CCC(n2c(=O)[nH]c3ncc([C@H]4CC[C@H](O)CC4)cc32)CC1. The van der Waals surface area contributed by atoms with Crippen molar-refractivity contribution in [2.24, 2.45) is 0 Å². The molecule has 0 atom stereocenters. The number of aromatic nitrogens is 3. The molecule has 1 saturated heterocycles. The van der Waals surface area contributed by atoms with Gasteiger partial charge in [-0.1, -0.05) is 0 Å². The summed E-state index contributed by atoms with van der Waals surface area (Å²) in [5, 5.41) is 9.82. The van der Waals surface area contributed by atoms with Crippen LogP contribution in [0.3, 0.4) is 0 Å². The third-order valence-electron chi connectivity index (χ3n) is 7.36. The van der Waals surface area contributed by atoms with Crippen LogP contribution in [0.25, 0.3) is 11.2 Å². The Labute approximate surface area is 210 Å². The fourth-order valence-electron chi connectivity index (χ4n) is 5.44. The smallest absolute Gasteiger partial charge is 0.406 e. The molecule has 2 fully saturated rings. The molecule has 0 spiro atoms. The number of pyridine rings is 1. The maximum Gasteiger partial charge on any atom is 0.573 e. The lowest BCUT2D eigenvalue weighted by atomic mass is 9.83. The van der Waals surface area contributed by atoms with E-state index in [4.69, 9.17) is 5.73 Å². The van der Waals surface area contributed by atoms with Gasteiger partial charge in [-0.15, -0.1) is 13.2 Å². The normalized spacial score (nSPS) is 21.4. The van der Waals surface area contributed by atoms with Gasteiger partial charge in [0.15, 0.2) is 5.65 Å². The van der Waals surface area contributed by atoms with Gasteiger partial charge >= 0.3 is 12.1 Å². The van der Waals surface area contributed by atoms with Gasteiger partial charge in [-0.05, 0) is 68.2 Å². The van der Waals surface area contributed by atoms with Crippen molar-refractivity contribution in [1.29, 1.82) is 0 Å². The molecule has 198 valence electrons. The monoisotopic (exact) mass is 519 g/mol. The number of anilines is 1. The summed E-state index contributed by atoms with van der Waals surface area (Å²) in [6, 6.07) is 5.14. The largest absolute Gasteiger partial charge is 0.573 e. The number of nitrogens with two attached hydrogens (primary N) is 1. The number of benzene rings is 1. The minimum absolute atomic E-state index is 0.101. The lowest BCUT2D eigenvalue weighted by Gasteiger charge is -2.33. The Morgan fingerprint density at radius 3 is 2.46 bits per heavy atom. The first-order valence-electron chi connectivity index (χ1n) is 12.3. The Morgan fingerprint density at radius 1 is 1.11 bits per heavy atom. The molecule has 5 rings (SSSR count). The van der Waals surface area contributed by atoms with Crippen LogP contribution in [0.4, 0.5) is 18.9 Å². The predicted octanol–water partition coefficient (Wildman–Crippen LogP) is 3.70. The molecular weight excluding hydrogens is 491 g/mol. The number of fused-ring (bicyclic) bond motifs is 1. The summed E-state index contributed by atoms with van der Waals surface area (Å²) >= 11 is 0. The lowest BCUT2D eigenvalue weighted by Crippen LogP contribution is -2.40. The molecule has 1 aliphatic heterocycles. The number of imidazole rings is 1. The number of amides is 1. The first-order chi connectivity index (χ1) is 17.6. The number of aliphatic hydroxyl groups excluding tert-OH is 1. The van der Waals surface area contributed by atoms with Crippen LogP contribution in [0.1, 0.15) is 66.4 Å². The van der Waals surface area contributed by atoms with Crippen molar-refractivity contribution in [3.8, 4) is 5.75 Å². The van der Waals surface area contributed by atoms with Crippen molar-refractivity contribution in [2.75, 3.05) is 18.8 Å². The Bertz CT molecular complexity index is 1350. The van der Waals surface area contributed by atoms with Crippen molar-refractivity contribution in [3.63, 3.8) is 0 Å². The van der Waals surface area contributed by atoms with E-state index in [0.29, 0.717) is 31.6 Å². The van der Waals surface area contributed by atoms with Gasteiger partial charge in [0.05, 0.1) is 17.2 Å². The van der Waals surface area contributed by atoms with Crippen LogP contribution >= 0.6 is 0 Å². The number of alkyl halides is 3. The number of aliphatic hydroxyl groups is 1. The third-order valence-corrected chi connectivity index (χ3v) is 7.36. The molecule has 4 N–H and O–H groups in total. The summed E-state index contributed by atoms with van der Waals surface area (Å²) in [7, 11) is 0. The second-order valence-corrected chi connectivity index (χ2v) is 9.76. The fourth-order valence-corrected chi connectivity index (χ4v) is 5.44. The Kier molecular flexibility index (Phi) is 6.61. The fraction of sp³-hybridized carbons (Fsp3) is 0.480. The highest BCUT2D eigenvalue weighted by Crippen LogP contribution is 2.34. The molecule has 9 nitrogen and oxygen atoms in total. The van der Waals surface area contributed by atoms with Crippen LogP contribution in [-0.2, 0) is 0 Å². The van der Waals surface area contributed by atoms with E-state index in [0.717, 1.165) is 48.9 Å². The van der Waals surface area contributed by atoms with Crippen molar-refractivity contribution < 1.29 is 27.8 Å². The molecule has 1 amide bonds. The summed E-state index contributed by atoms with van der Waals surface area (Å²) in [5.41, 5.74) is 7.88. The molecule has 2 aromatic heterocycles. The van der Waals surface area contributed by atoms with Crippen molar-refractivity contribution >= 4 is 22.8 Å². The van der Waals surface area contributed by atoms with Crippen LogP contribution in [0, 0.1) is 0 Å². The molecule has 0 bridgehead atoms. The molecule has 3 aromatic rings. The number of piperidine rings is 1. The van der Waals surface area contributed by atoms with Crippen LogP contribution in [0.15, 0.2) is 35.3 Å². The molecule has 3 heterocycles. The number of H-pyrrole nitrogens is 1. The molecule has 0 unspecified atom stereocenters. The topological polar surface area (TPSA) is 126 Å². The van der Waals surface area contributed by atoms with Gasteiger partial charge in [-0.2, -0.15) is 0 Å². The van der Waals surface area contributed by atoms with Crippen molar-refractivity contribution in [2.45, 2.75) is 63.0 Å². The second-order valence-electron chi connectivity index (χ2n) is 9.76. The number of hydrogen-bond acceptors (Lipinski definition) is 6. The number of nitrogens with zero attached hydrogens (tertiary/aromatic N) is 3. The van der Waals surface area contributed by atoms with Crippen LogP contribution < -0.4 is 16.2 Å². The van der Waals surface area contributed by atoms with E-state index < -0.39 is 12.1 Å². The summed E-state index contributed by atoms with van der Waals surface area (Å²) in [6.45, 7) is 0.715. The molecular formula is C25H28F3N5O4. The van der Waals surface area contributed by atoms with E-state index in [1.807, 2.05) is 6.07 Å². The minimum Gasteiger partial charge on any atom is -0.406 e. The number of carbonyl (C=O) groups is 1. The number of aromatic amines is 1. The van der Waals surface area contributed by atoms with Gasteiger partial charge in [-0.25, -0.2) is 9.78 Å². The summed E-state index contributed by atoms with van der Waals surface area (Å²) in [4.78, 5) is 34.7. The zero-order valence-corrected chi connectivity index (χ0v) is 20.0. The van der Waals surface area contributed by atoms with E-state index >= 15 is 0 Å². The number of halogens is 3. The average Bonchev–Trinajstić information content (AvgIpc) is 3.18. The average molecular weight is 520 g/mol. The highest BCUT2D eigenvalue weighted by Gasteiger charge is 2.32. The quantitative estimate of drug-likeness (QED) is 0.451. The predicted molar refractivity (Wildman–Crippen MR) is 129 cm³/mol. The zero-order valence-electron chi connectivity index (χ0n) is 20.0. The molecule has 1 aromatic carbocycles. The van der Waals surface area contributed by atoms with Crippen LogP contribution in [0.5, 0.6) is 5.75 Å². The Balaban J connectivity index is 1.30. The first kappa shape index (κ1) is 25.1. The Hall–Kier alpha value is -3.54. The summed E-state index contributed by atoms with van der Waals surface area (Å²) in [6.07, 6.45) is 0.965. The van der Waals surface area contributed by atoms with Gasteiger partial charge in [0.2, 0.25) is 0 Å². The third kappa shape index (κ3) is 5.29. The summed E-state index contributed by atoms with van der Waals surface area (Å²) < 4.78 is 42.9. The summed E-state index contributed by atoms with van der Waals surface area (Å²) in [5.74, 6) is -0.586. The minimum atomic E-state index is -4.85. The molecule has 37 heavy (non-hydrogen) atoms. The number of nitrogen functional groups attached to an aromatic ring is 1. The first-order valence-corrected chi connectivity index (χ1v) is 12.3. The number of likely N-dealkylation sites (tertiary alicyclic amines) is 1. The zero-order chi connectivity index (χ0) is 26.3. The van der Waals surface area contributed by atoms with Gasteiger partial charge in [0.25, 0.3) is 5.91 Å². The second kappa shape index (κ2) is 9.73. The number of carbonyl (C=O) groups excluding carboxylic acids is 1.